The lowest BCUT2D eigenvalue weighted by Gasteiger charge is -2.05. The SMILES string of the molecule is CON=C(C)c1ccc(C)cc1C. The van der Waals surface area contributed by atoms with Crippen molar-refractivity contribution in [1.82, 2.24) is 0 Å². The Morgan fingerprint density at radius 3 is 2.54 bits per heavy atom. The molecule has 13 heavy (non-hydrogen) atoms. The van der Waals surface area contributed by atoms with Gasteiger partial charge in [0.25, 0.3) is 0 Å². The maximum Gasteiger partial charge on any atom is 0.106 e. The van der Waals surface area contributed by atoms with Crippen LogP contribution in [0.1, 0.15) is 23.6 Å². The summed E-state index contributed by atoms with van der Waals surface area (Å²) in [6, 6.07) is 6.30. The van der Waals surface area contributed by atoms with Crippen LogP contribution in [0.5, 0.6) is 0 Å². The minimum Gasteiger partial charge on any atom is -0.399 e. The van der Waals surface area contributed by atoms with Crippen molar-refractivity contribution in [3.63, 3.8) is 0 Å². The van der Waals surface area contributed by atoms with Crippen LogP contribution in [0.3, 0.4) is 0 Å². The predicted molar refractivity (Wildman–Crippen MR) is 55.1 cm³/mol. The van der Waals surface area contributed by atoms with Crippen molar-refractivity contribution in [1.29, 1.82) is 0 Å². The van der Waals surface area contributed by atoms with Gasteiger partial charge in [0, 0.05) is 5.56 Å². The first-order valence-electron chi connectivity index (χ1n) is 4.30. The van der Waals surface area contributed by atoms with E-state index < -0.39 is 0 Å². The molecule has 0 atom stereocenters. The van der Waals surface area contributed by atoms with Crippen molar-refractivity contribution in [3.05, 3.63) is 34.9 Å². The molecule has 0 unspecified atom stereocenters. The molecule has 0 saturated heterocycles. The van der Waals surface area contributed by atoms with E-state index in [4.69, 9.17) is 4.84 Å². The molecule has 0 fully saturated rings. The lowest BCUT2D eigenvalue weighted by molar-refractivity contribution is 0.213. The van der Waals surface area contributed by atoms with E-state index in [0.29, 0.717) is 0 Å². The van der Waals surface area contributed by atoms with Crippen molar-refractivity contribution in [2.75, 3.05) is 7.11 Å². The van der Waals surface area contributed by atoms with Gasteiger partial charge >= 0.3 is 0 Å². The Hall–Kier alpha value is -1.31. The molecule has 0 N–H and O–H groups in total. The predicted octanol–water partition coefficient (Wildman–Crippen LogP) is 2.67. The highest BCUT2D eigenvalue weighted by Crippen LogP contribution is 2.11. The number of benzene rings is 1. The largest absolute Gasteiger partial charge is 0.399 e. The van der Waals surface area contributed by atoms with E-state index in [1.165, 1.54) is 11.1 Å². The van der Waals surface area contributed by atoms with Gasteiger partial charge < -0.3 is 4.84 Å². The maximum absolute atomic E-state index is 4.73. The normalized spacial score (nSPS) is 11.5. The van der Waals surface area contributed by atoms with Gasteiger partial charge in [0.2, 0.25) is 0 Å². The summed E-state index contributed by atoms with van der Waals surface area (Å²) < 4.78 is 0. The molecular formula is C11H15NO. The van der Waals surface area contributed by atoms with Gasteiger partial charge in [0.15, 0.2) is 0 Å². The second-order valence-electron chi connectivity index (χ2n) is 3.18. The topological polar surface area (TPSA) is 21.6 Å². The van der Waals surface area contributed by atoms with Gasteiger partial charge in [-0.25, -0.2) is 0 Å². The summed E-state index contributed by atoms with van der Waals surface area (Å²) in [5.74, 6) is 0. The van der Waals surface area contributed by atoms with Gasteiger partial charge in [0.05, 0.1) is 5.71 Å². The van der Waals surface area contributed by atoms with Crippen LogP contribution in [0, 0.1) is 13.8 Å². The fraction of sp³-hybridized carbons (Fsp3) is 0.364. The van der Waals surface area contributed by atoms with Crippen molar-refractivity contribution in [2.45, 2.75) is 20.8 Å². The zero-order valence-electron chi connectivity index (χ0n) is 8.59. The highest BCUT2D eigenvalue weighted by Gasteiger charge is 2.01. The Morgan fingerprint density at radius 1 is 1.31 bits per heavy atom. The minimum atomic E-state index is 0.917. The van der Waals surface area contributed by atoms with Gasteiger partial charge in [-0.2, -0.15) is 0 Å². The second-order valence-corrected chi connectivity index (χ2v) is 3.18. The monoisotopic (exact) mass is 177 g/mol. The molecule has 0 saturated carbocycles. The fourth-order valence-corrected chi connectivity index (χ4v) is 1.41. The molecule has 0 spiro atoms. The minimum absolute atomic E-state index is 0.917. The van der Waals surface area contributed by atoms with Gasteiger partial charge in [0.1, 0.15) is 7.11 Å². The first kappa shape index (κ1) is 9.78. The van der Waals surface area contributed by atoms with Crippen LogP contribution in [-0.2, 0) is 4.84 Å². The summed E-state index contributed by atoms with van der Waals surface area (Å²) in [4.78, 5) is 4.73. The molecule has 0 bridgehead atoms. The molecule has 0 aromatic heterocycles. The van der Waals surface area contributed by atoms with E-state index in [1.807, 2.05) is 6.92 Å². The second kappa shape index (κ2) is 4.08. The van der Waals surface area contributed by atoms with Crippen LogP contribution in [0.2, 0.25) is 0 Å². The van der Waals surface area contributed by atoms with Gasteiger partial charge in [-0.3, -0.25) is 0 Å². The third kappa shape index (κ3) is 2.31. The molecule has 1 aromatic carbocycles. The average Bonchev–Trinajstić information content (AvgIpc) is 2.04. The Morgan fingerprint density at radius 2 is 2.00 bits per heavy atom. The number of nitrogens with zero attached hydrogens (tertiary/aromatic N) is 1. The number of oxime groups is 1. The van der Waals surface area contributed by atoms with Crippen LogP contribution >= 0.6 is 0 Å². The standard InChI is InChI=1S/C11H15NO/c1-8-5-6-11(9(2)7-8)10(3)12-13-4/h5-7H,1-4H3. The zero-order chi connectivity index (χ0) is 9.84. The molecule has 0 heterocycles. The van der Waals surface area contributed by atoms with Crippen molar-refractivity contribution >= 4 is 5.71 Å². The zero-order valence-corrected chi connectivity index (χ0v) is 8.59. The van der Waals surface area contributed by atoms with Crippen LogP contribution < -0.4 is 0 Å². The first-order valence-corrected chi connectivity index (χ1v) is 4.30. The third-order valence-electron chi connectivity index (χ3n) is 2.00. The lowest BCUT2D eigenvalue weighted by atomic mass is 10.0. The molecule has 0 radical (unpaired) electrons. The van der Waals surface area contributed by atoms with Crippen LogP contribution in [0.25, 0.3) is 0 Å². The fourth-order valence-electron chi connectivity index (χ4n) is 1.41. The molecule has 0 amide bonds. The molecule has 0 aliphatic carbocycles. The van der Waals surface area contributed by atoms with Gasteiger partial charge in [-0.15, -0.1) is 0 Å². The molecule has 2 heteroatoms. The molecule has 0 aliphatic rings. The smallest absolute Gasteiger partial charge is 0.106 e. The van der Waals surface area contributed by atoms with Gasteiger partial charge in [-0.05, 0) is 26.3 Å². The van der Waals surface area contributed by atoms with Crippen LogP contribution in [-0.4, -0.2) is 12.8 Å². The van der Waals surface area contributed by atoms with E-state index in [1.54, 1.807) is 7.11 Å². The van der Waals surface area contributed by atoms with Crippen molar-refractivity contribution in [3.8, 4) is 0 Å². The first-order chi connectivity index (χ1) is 6.15. The van der Waals surface area contributed by atoms with E-state index in [-0.39, 0.29) is 0 Å². The summed E-state index contributed by atoms with van der Waals surface area (Å²) in [5, 5.41) is 3.90. The Bertz CT molecular complexity index is 329. The molecular weight excluding hydrogens is 162 g/mol. The average molecular weight is 177 g/mol. The quantitative estimate of drug-likeness (QED) is 0.502. The summed E-state index contributed by atoms with van der Waals surface area (Å²) in [7, 11) is 1.56. The molecule has 2 nitrogen and oxygen atoms in total. The highest BCUT2D eigenvalue weighted by molar-refractivity contribution is 5.99. The molecule has 1 aromatic rings. The number of aryl methyl sites for hydroxylation is 2. The van der Waals surface area contributed by atoms with E-state index in [0.717, 1.165) is 11.3 Å². The number of hydrogen-bond acceptors (Lipinski definition) is 2. The van der Waals surface area contributed by atoms with Crippen molar-refractivity contribution in [2.24, 2.45) is 5.16 Å². The molecule has 1 rings (SSSR count). The highest BCUT2D eigenvalue weighted by atomic mass is 16.6. The van der Waals surface area contributed by atoms with E-state index in [9.17, 15) is 0 Å². The summed E-state index contributed by atoms with van der Waals surface area (Å²) in [6.07, 6.45) is 0. The Balaban J connectivity index is 3.09. The molecule has 70 valence electrons. The Labute approximate surface area is 79.2 Å². The van der Waals surface area contributed by atoms with Crippen molar-refractivity contribution < 1.29 is 4.84 Å². The van der Waals surface area contributed by atoms with Crippen LogP contribution in [0.15, 0.2) is 23.4 Å². The summed E-state index contributed by atoms with van der Waals surface area (Å²) in [6.45, 7) is 6.11. The number of hydrogen-bond donors (Lipinski definition) is 0. The number of rotatable bonds is 2. The molecule has 0 aliphatic heterocycles. The summed E-state index contributed by atoms with van der Waals surface area (Å²) in [5.41, 5.74) is 4.57. The maximum atomic E-state index is 4.73. The van der Waals surface area contributed by atoms with Crippen LogP contribution in [0.4, 0.5) is 0 Å². The summed E-state index contributed by atoms with van der Waals surface area (Å²) >= 11 is 0. The third-order valence-corrected chi connectivity index (χ3v) is 2.00. The van der Waals surface area contributed by atoms with Gasteiger partial charge in [-0.1, -0.05) is 28.9 Å². The Kier molecular flexibility index (Phi) is 3.07. The van der Waals surface area contributed by atoms with E-state index in [2.05, 4.69) is 37.2 Å². The lowest BCUT2D eigenvalue weighted by Crippen LogP contribution is -1.98. The van der Waals surface area contributed by atoms with E-state index >= 15 is 0 Å².